The van der Waals surface area contributed by atoms with Crippen LogP contribution in [-0.2, 0) is 10.0 Å². The SMILES string of the molecule is COc1c(Cl)ccc2c1-c1ccc(NS(C)(=O)=O)cc1C(c1cccc(F)c1)O2. The molecule has 29 heavy (non-hydrogen) atoms. The number of ether oxygens (including phenoxy) is 2. The zero-order valence-electron chi connectivity index (χ0n) is 15.6. The maximum absolute atomic E-state index is 13.9. The molecule has 1 aliphatic heterocycles. The van der Waals surface area contributed by atoms with Gasteiger partial charge in [-0.15, -0.1) is 0 Å². The number of rotatable bonds is 4. The molecule has 3 aromatic carbocycles. The Morgan fingerprint density at radius 1 is 1.14 bits per heavy atom. The monoisotopic (exact) mass is 433 g/mol. The van der Waals surface area contributed by atoms with Gasteiger partial charge in [0.25, 0.3) is 0 Å². The summed E-state index contributed by atoms with van der Waals surface area (Å²) < 4.78 is 51.4. The van der Waals surface area contributed by atoms with E-state index in [2.05, 4.69) is 4.72 Å². The molecule has 0 fully saturated rings. The van der Waals surface area contributed by atoms with Crippen LogP contribution in [0, 0.1) is 5.82 Å². The maximum Gasteiger partial charge on any atom is 0.229 e. The Bertz CT molecular complexity index is 1210. The van der Waals surface area contributed by atoms with Gasteiger partial charge in [0.05, 0.1) is 24.0 Å². The number of hydrogen-bond donors (Lipinski definition) is 1. The van der Waals surface area contributed by atoms with Crippen LogP contribution in [0.15, 0.2) is 54.6 Å². The molecule has 4 rings (SSSR count). The first-order chi connectivity index (χ1) is 13.8. The minimum absolute atomic E-state index is 0.376. The van der Waals surface area contributed by atoms with Gasteiger partial charge in [-0.1, -0.05) is 29.8 Å². The zero-order chi connectivity index (χ0) is 20.8. The summed E-state index contributed by atoms with van der Waals surface area (Å²) in [6, 6.07) is 14.6. The highest BCUT2D eigenvalue weighted by Gasteiger charge is 2.31. The summed E-state index contributed by atoms with van der Waals surface area (Å²) in [7, 11) is -1.96. The predicted molar refractivity (Wildman–Crippen MR) is 111 cm³/mol. The summed E-state index contributed by atoms with van der Waals surface area (Å²) in [6.45, 7) is 0. The van der Waals surface area contributed by atoms with Crippen molar-refractivity contribution in [3.05, 3.63) is 76.6 Å². The molecule has 1 atom stereocenters. The van der Waals surface area contributed by atoms with E-state index in [1.165, 1.54) is 19.2 Å². The van der Waals surface area contributed by atoms with Crippen LogP contribution in [0.1, 0.15) is 17.2 Å². The fraction of sp³-hybridized carbons (Fsp3) is 0.143. The van der Waals surface area contributed by atoms with Crippen molar-refractivity contribution in [3.8, 4) is 22.6 Å². The maximum atomic E-state index is 13.9. The van der Waals surface area contributed by atoms with Crippen LogP contribution in [0.5, 0.6) is 11.5 Å². The van der Waals surface area contributed by atoms with E-state index in [0.717, 1.165) is 11.8 Å². The number of benzene rings is 3. The van der Waals surface area contributed by atoms with Crippen LogP contribution in [0.25, 0.3) is 11.1 Å². The van der Waals surface area contributed by atoms with Crippen molar-refractivity contribution in [2.24, 2.45) is 0 Å². The summed E-state index contributed by atoms with van der Waals surface area (Å²) in [6.07, 6.45) is 0.436. The van der Waals surface area contributed by atoms with Crippen molar-refractivity contribution in [2.75, 3.05) is 18.1 Å². The van der Waals surface area contributed by atoms with Crippen LogP contribution in [0.4, 0.5) is 10.1 Å². The Morgan fingerprint density at radius 3 is 2.62 bits per heavy atom. The molecule has 0 bridgehead atoms. The number of halogens is 2. The lowest BCUT2D eigenvalue weighted by Gasteiger charge is -2.31. The molecule has 0 aromatic heterocycles. The molecular weight excluding hydrogens is 417 g/mol. The van der Waals surface area contributed by atoms with Gasteiger partial charge in [0.2, 0.25) is 10.0 Å². The second-order valence-corrected chi connectivity index (χ2v) is 8.84. The molecule has 1 unspecified atom stereocenters. The third-order valence-electron chi connectivity index (χ3n) is 4.58. The van der Waals surface area contributed by atoms with E-state index in [1.807, 2.05) is 0 Å². The number of nitrogens with one attached hydrogen (secondary N) is 1. The van der Waals surface area contributed by atoms with E-state index in [-0.39, 0.29) is 0 Å². The summed E-state index contributed by atoms with van der Waals surface area (Å²) in [4.78, 5) is 0. The molecule has 1 N–H and O–H groups in total. The molecule has 0 amide bonds. The Kier molecular flexibility index (Phi) is 4.88. The van der Waals surface area contributed by atoms with Gasteiger partial charge < -0.3 is 9.47 Å². The van der Waals surface area contributed by atoms with Crippen molar-refractivity contribution in [1.29, 1.82) is 0 Å². The topological polar surface area (TPSA) is 64.6 Å². The minimum Gasteiger partial charge on any atom is -0.494 e. The van der Waals surface area contributed by atoms with Gasteiger partial charge in [-0.25, -0.2) is 12.8 Å². The lowest BCUT2D eigenvalue weighted by molar-refractivity contribution is 0.241. The van der Waals surface area contributed by atoms with Crippen molar-refractivity contribution < 1.29 is 22.3 Å². The zero-order valence-corrected chi connectivity index (χ0v) is 17.1. The first-order valence-corrected chi connectivity index (χ1v) is 10.9. The Morgan fingerprint density at radius 2 is 1.93 bits per heavy atom. The number of fused-ring (bicyclic) bond motifs is 3. The van der Waals surface area contributed by atoms with Crippen LogP contribution < -0.4 is 14.2 Å². The second-order valence-electron chi connectivity index (χ2n) is 6.68. The quantitative estimate of drug-likeness (QED) is 0.628. The molecule has 0 spiro atoms. The van der Waals surface area contributed by atoms with Crippen molar-refractivity contribution in [2.45, 2.75) is 6.10 Å². The van der Waals surface area contributed by atoms with Gasteiger partial charge in [-0.2, -0.15) is 0 Å². The molecule has 0 saturated carbocycles. The van der Waals surface area contributed by atoms with Crippen LogP contribution in [0.2, 0.25) is 5.02 Å². The normalized spacial score (nSPS) is 15.1. The molecule has 5 nitrogen and oxygen atoms in total. The molecular formula is C21H17ClFNO4S. The van der Waals surface area contributed by atoms with Gasteiger partial charge in [0, 0.05) is 11.3 Å². The highest BCUT2D eigenvalue weighted by Crippen LogP contribution is 2.51. The van der Waals surface area contributed by atoms with E-state index in [4.69, 9.17) is 21.1 Å². The van der Waals surface area contributed by atoms with E-state index in [1.54, 1.807) is 42.5 Å². The van der Waals surface area contributed by atoms with Crippen molar-refractivity contribution in [3.63, 3.8) is 0 Å². The molecule has 0 aliphatic carbocycles. The third kappa shape index (κ3) is 3.75. The lowest BCUT2D eigenvalue weighted by atomic mass is 9.88. The van der Waals surface area contributed by atoms with E-state index < -0.39 is 21.9 Å². The first kappa shape index (κ1) is 19.5. The number of anilines is 1. The molecule has 0 saturated heterocycles. The van der Waals surface area contributed by atoms with E-state index in [0.29, 0.717) is 38.9 Å². The minimum atomic E-state index is -3.47. The average molecular weight is 434 g/mol. The Balaban J connectivity index is 1.96. The van der Waals surface area contributed by atoms with Gasteiger partial charge in [-0.3, -0.25) is 4.72 Å². The van der Waals surface area contributed by atoms with Gasteiger partial charge in [0.1, 0.15) is 23.4 Å². The Hall–Kier alpha value is -2.77. The van der Waals surface area contributed by atoms with E-state index in [9.17, 15) is 12.8 Å². The molecule has 0 radical (unpaired) electrons. The fourth-order valence-electron chi connectivity index (χ4n) is 3.48. The summed E-state index contributed by atoms with van der Waals surface area (Å²) in [5.41, 5.74) is 3.06. The predicted octanol–water partition coefficient (Wildman–Crippen LogP) is 5.01. The molecule has 3 aromatic rings. The van der Waals surface area contributed by atoms with Crippen molar-refractivity contribution in [1.82, 2.24) is 0 Å². The van der Waals surface area contributed by atoms with Crippen molar-refractivity contribution >= 4 is 27.3 Å². The first-order valence-electron chi connectivity index (χ1n) is 8.67. The number of sulfonamides is 1. The van der Waals surface area contributed by atoms with Gasteiger partial charge >= 0.3 is 0 Å². The van der Waals surface area contributed by atoms with Gasteiger partial charge in [-0.05, 0) is 47.5 Å². The Labute approximate surface area is 173 Å². The molecule has 1 heterocycles. The highest BCUT2D eigenvalue weighted by molar-refractivity contribution is 7.92. The van der Waals surface area contributed by atoms with E-state index >= 15 is 0 Å². The molecule has 8 heteroatoms. The average Bonchev–Trinajstić information content (AvgIpc) is 2.66. The van der Waals surface area contributed by atoms with Crippen LogP contribution in [-0.4, -0.2) is 21.8 Å². The lowest BCUT2D eigenvalue weighted by Crippen LogP contribution is -2.17. The highest BCUT2D eigenvalue weighted by atomic mass is 35.5. The third-order valence-corrected chi connectivity index (χ3v) is 5.48. The van der Waals surface area contributed by atoms with Crippen LogP contribution >= 0.6 is 11.6 Å². The number of methoxy groups -OCH3 is 1. The van der Waals surface area contributed by atoms with Crippen LogP contribution in [0.3, 0.4) is 0 Å². The fourth-order valence-corrected chi connectivity index (χ4v) is 4.27. The molecule has 1 aliphatic rings. The number of hydrogen-bond acceptors (Lipinski definition) is 4. The smallest absolute Gasteiger partial charge is 0.229 e. The summed E-state index contributed by atoms with van der Waals surface area (Å²) in [5, 5.41) is 0.420. The summed E-state index contributed by atoms with van der Waals surface area (Å²) >= 11 is 6.30. The largest absolute Gasteiger partial charge is 0.494 e. The summed E-state index contributed by atoms with van der Waals surface area (Å²) in [5.74, 6) is 0.598. The van der Waals surface area contributed by atoms with Gasteiger partial charge in [0.15, 0.2) is 0 Å². The second kappa shape index (κ2) is 7.24. The molecule has 150 valence electrons. The standard InChI is InChI=1S/C21H17ClFNO4S/c1-27-21-17(22)8-9-18-19(21)15-7-6-14(24-29(2,25)26)11-16(15)20(28-18)12-4-3-5-13(23)10-12/h3-11,20,24H,1-2H3.